The second-order valence-electron chi connectivity index (χ2n) is 4.41. The lowest BCUT2D eigenvalue weighted by atomic mass is 10.1. The molecule has 1 N–H and O–H groups in total. The fourth-order valence-electron chi connectivity index (χ4n) is 1.77. The molecule has 2 rings (SSSR count). The van der Waals surface area contributed by atoms with E-state index in [0.717, 1.165) is 5.39 Å². The maximum atomic E-state index is 11.4. The van der Waals surface area contributed by atoms with E-state index in [9.17, 15) is 9.90 Å². The molecule has 94 valence electrons. The van der Waals surface area contributed by atoms with Gasteiger partial charge in [-0.25, -0.2) is 4.98 Å². The molecule has 0 amide bonds. The van der Waals surface area contributed by atoms with Gasteiger partial charge in [-0.2, -0.15) is 0 Å². The molecule has 1 aromatic carbocycles. The summed E-state index contributed by atoms with van der Waals surface area (Å²) in [5.41, 5.74) is 0.663. The maximum absolute atomic E-state index is 11.4. The Morgan fingerprint density at radius 2 is 2.11 bits per heavy atom. The van der Waals surface area contributed by atoms with Crippen molar-refractivity contribution < 1.29 is 14.6 Å². The molecule has 4 nitrogen and oxygen atoms in total. The molecule has 18 heavy (non-hydrogen) atoms. The lowest BCUT2D eigenvalue weighted by Crippen LogP contribution is -2.07. The number of hydrogen-bond acceptors (Lipinski definition) is 4. The molecule has 2 aromatic rings. The lowest BCUT2D eigenvalue weighted by molar-refractivity contribution is 0.101. The van der Waals surface area contributed by atoms with Crippen LogP contribution in [0.15, 0.2) is 24.3 Å². The second kappa shape index (κ2) is 4.64. The number of carbonyl (C=O) groups is 1. The van der Waals surface area contributed by atoms with Crippen molar-refractivity contribution >= 4 is 16.7 Å². The number of Topliss-reactive ketones (excluding diaryl/α,β-unsaturated/α-hetero) is 1. The number of pyridine rings is 1. The van der Waals surface area contributed by atoms with Crippen LogP contribution in [0.3, 0.4) is 0 Å². The van der Waals surface area contributed by atoms with Gasteiger partial charge in [-0.05, 0) is 26.0 Å². The number of fused-ring (bicyclic) bond motifs is 1. The molecule has 0 spiro atoms. The van der Waals surface area contributed by atoms with Gasteiger partial charge in [0.25, 0.3) is 0 Å². The standard InChI is InChI=1S/C14H15NO3/c1-8(2)18-12-6-4-5-10-7-11(17)13(9(3)16)15-14(10)12/h4-8,17H,1-3H3. The van der Waals surface area contributed by atoms with Crippen molar-refractivity contribution in [1.82, 2.24) is 4.98 Å². The SMILES string of the molecule is CC(=O)c1nc2c(OC(C)C)cccc2cc1O. The highest BCUT2D eigenvalue weighted by Crippen LogP contribution is 2.29. The molecule has 1 heterocycles. The Balaban J connectivity index is 2.67. The zero-order chi connectivity index (χ0) is 13.3. The average Bonchev–Trinajstić information content (AvgIpc) is 2.27. The molecule has 0 aliphatic heterocycles. The molecule has 0 saturated carbocycles. The van der Waals surface area contributed by atoms with E-state index in [1.807, 2.05) is 26.0 Å². The first-order valence-corrected chi connectivity index (χ1v) is 5.79. The molecule has 1 aromatic heterocycles. The summed E-state index contributed by atoms with van der Waals surface area (Å²) in [5.74, 6) is 0.246. The monoisotopic (exact) mass is 245 g/mol. The van der Waals surface area contributed by atoms with Crippen LogP contribution in [0.2, 0.25) is 0 Å². The van der Waals surface area contributed by atoms with Crippen LogP contribution < -0.4 is 4.74 Å². The number of ether oxygens (including phenoxy) is 1. The van der Waals surface area contributed by atoms with Crippen LogP contribution >= 0.6 is 0 Å². The van der Waals surface area contributed by atoms with Crippen molar-refractivity contribution in [3.63, 3.8) is 0 Å². The molecule has 0 bridgehead atoms. The fraction of sp³-hybridized carbons (Fsp3) is 0.286. The van der Waals surface area contributed by atoms with Gasteiger partial charge in [0, 0.05) is 12.3 Å². The molecular formula is C14H15NO3. The van der Waals surface area contributed by atoms with E-state index in [0.29, 0.717) is 11.3 Å². The van der Waals surface area contributed by atoms with Crippen LogP contribution in [0.5, 0.6) is 11.5 Å². The number of ketones is 1. The average molecular weight is 245 g/mol. The number of para-hydroxylation sites is 1. The van der Waals surface area contributed by atoms with Crippen LogP contribution in [0, 0.1) is 0 Å². The van der Waals surface area contributed by atoms with Gasteiger partial charge in [0.2, 0.25) is 0 Å². The Morgan fingerprint density at radius 3 is 2.72 bits per heavy atom. The summed E-state index contributed by atoms with van der Waals surface area (Å²) in [6, 6.07) is 6.98. The second-order valence-corrected chi connectivity index (χ2v) is 4.41. The molecule has 0 aliphatic carbocycles. The fourth-order valence-corrected chi connectivity index (χ4v) is 1.77. The van der Waals surface area contributed by atoms with Crippen molar-refractivity contribution in [3.05, 3.63) is 30.0 Å². The number of carbonyl (C=O) groups excluding carboxylic acids is 1. The Morgan fingerprint density at radius 1 is 1.39 bits per heavy atom. The van der Waals surface area contributed by atoms with Gasteiger partial charge in [-0.15, -0.1) is 0 Å². The van der Waals surface area contributed by atoms with Gasteiger partial charge >= 0.3 is 0 Å². The normalized spacial score (nSPS) is 10.9. The summed E-state index contributed by atoms with van der Waals surface area (Å²) in [7, 11) is 0. The molecule has 0 fully saturated rings. The van der Waals surface area contributed by atoms with E-state index < -0.39 is 0 Å². The summed E-state index contributed by atoms with van der Waals surface area (Å²) in [5, 5.41) is 10.5. The van der Waals surface area contributed by atoms with Gasteiger partial charge in [-0.1, -0.05) is 12.1 Å². The summed E-state index contributed by atoms with van der Waals surface area (Å²) in [4.78, 5) is 15.6. The maximum Gasteiger partial charge on any atom is 0.181 e. The van der Waals surface area contributed by atoms with Crippen molar-refractivity contribution in [3.8, 4) is 11.5 Å². The highest BCUT2D eigenvalue weighted by Gasteiger charge is 2.13. The van der Waals surface area contributed by atoms with Crippen LogP contribution in [-0.2, 0) is 0 Å². The van der Waals surface area contributed by atoms with E-state index in [2.05, 4.69) is 4.98 Å². The Bertz CT molecular complexity index is 605. The number of benzene rings is 1. The third kappa shape index (κ3) is 2.27. The van der Waals surface area contributed by atoms with E-state index >= 15 is 0 Å². The van der Waals surface area contributed by atoms with Gasteiger partial charge in [0.1, 0.15) is 22.7 Å². The first-order valence-electron chi connectivity index (χ1n) is 5.79. The zero-order valence-electron chi connectivity index (χ0n) is 10.6. The van der Waals surface area contributed by atoms with Crippen LogP contribution in [-0.4, -0.2) is 22.0 Å². The van der Waals surface area contributed by atoms with Crippen LogP contribution in [0.4, 0.5) is 0 Å². The predicted molar refractivity (Wildman–Crippen MR) is 69.2 cm³/mol. The predicted octanol–water partition coefficient (Wildman–Crippen LogP) is 2.93. The Labute approximate surface area is 105 Å². The van der Waals surface area contributed by atoms with Gasteiger partial charge in [-0.3, -0.25) is 4.79 Å². The van der Waals surface area contributed by atoms with E-state index in [1.54, 1.807) is 6.07 Å². The number of rotatable bonds is 3. The summed E-state index contributed by atoms with van der Waals surface area (Å²) >= 11 is 0. The topological polar surface area (TPSA) is 59.4 Å². The zero-order valence-corrected chi connectivity index (χ0v) is 10.6. The molecule has 0 radical (unpaired) electrons. The molecule has 0 atom stereocenters. The number of nitrogens with zero attached hydrogens (tertiary/aromatic N) is 1. The van der Waals surface area contributed by atoms with Crippen LogP contribution in [0.1, 0.15) is 31.3 Å². The lowest BCUT2D eigenvalue weighted by Gasteiger charge is -2.12. The molecule has 0 unspecified atom stereocenters. The Kier molecular flexibility index (Phi) is 3.19. The summed E-state index contributed by atoms with van der Waals surface area (Å²) < 4.78 is 5.65. The highest BCUT2D eigenvalue weighted by molar-refractivity contribution is 5.98. The minimum Gasteiger partial charge on any atom is -0.506 e. The number of aromatic nitrogens is 1. The van der Waals surface area contributed by atoms with Crippen molar-refractivity contribution in [2.75, 3.05) is 0 Å². The molecular weight excluding hydrogens is 230 g/mol. The van der Waals surface area contributed by atoms with Crippen molar-refractivity contribution in [2.45, 2.75) is 26.9 Å². The first-order chi connectivity index (χ1) is 8.49. The highest BCUT2D eigenvalue weighted by atomic mass is 16.5. The minimum absolute atomic E-state index is 0.0204. The first kappa shape index (κ1) is 12.4. The smallest absolute Gasteiger partial charge is 0.181 e. The van der Waals surface area contributed by atoms with Gasteiger partial charge in [0.05, 0.1) is 6.10 Å². The van der Waals surface area contributed by atoms with E-state index in [1.165, 1.54) is 13.0 Å². The van der Waals surface area contributed by atoms with Gasteiger partial charge in [0.15, 0.2) is 5.78 Å². The molecule has 0 aliphatic rings. The van der Waals surface area contributed by atoms with Gasteiger partial charge < -0.3 is 9.84 Å². The summed E-state index contributed by atoms with van der Waals surface area (Å²) in [6.07, 6.45) is 0.0204. The third-order valence-corrected chi connectivity index (χ3v) is 2.48. The van der Waals surface area contributed by atoms with Crippen molar-refractivity contribution in [2.24, 2.45) is 0 Å². The molecule has 0 saturated heterocycles. The molecule has 4 heteroatoms. The van der Waals surface area contributed by atoms with Crippen molar-refractivity contribution in [1.29, 1.82) is 0 Å². The van der Waals surface area contributed by atoms with Crippen LogP contribution in [0.25, 0.3) is 10.9 Å². The number of hydrogen-bond donors (Lipinski definition) is 1. The largest absolute Gasteiger partial charge is 0.506 e. The minimum atomic E-state index is -0.270. The third-order valence-electron chi connectivity index (χ3n) is 2.48. The van der Waals surface area contributed by atoms with E-state index in [-0.39, 0.29) is 23.3 Å². The summed E-state index contributed by atoms with van der Waals surface area (Å²) in [6.45, 7) is 5.22. The quantitative estimate of drug-likeness (QED) is 0.844. The Hall–Kier alpha value is -2.10. The van der Waals surface area contributed by atoms with E-state index in [4.69, 9.17) is 4.74 Å². The number of aromatic hydroxyl groups is 1.